The molecular weight excluding hydrogens is 270 g/mol. The third-order valence-corrected chi connectivity index (χ3v) is 5.05. The maximum Gasteiger partial charge on any atom is 0.118 e. The first-order valence-electron chi connectivity index (χ1n) is 8.22. The molecule has 2 nitrogen and oxygen atoms in total. The van der Waals surface area contributed by atoms with Crippen molar-refractivity contribution in [1.82, 2.24) is 0 Å². The van der Waals surface area contributed by atoms with Crippen molar-refractivity contribution in [2.75, 3.05) is 7.11 Å². The van der Waals surface area contributed by atoms with Gasteiger partial charge in [-0.1, -0.05) is 42.5 Å². The highest BCUT2D eigenvalue weighted by Gasteiger charge is 2.27. The molecule has 3 rings (SSSR count). The van der Waals surface area contributed by atoms with E-state index in [0.29, 0.717) is 11.8 Å². The lowest BCUT2D eigenvalue weighted by atomic mass is 9.75. The molecule has 0 heterocycles. The molecule has 2 N–H and O–H groups in total. The Morgan fingerprint density at radius 3 is 2.14 bits per heavy atom. The first-order valence-corrected chi connectivity index (χ1v) is 8.22. The van der Waals surface area contributed by atoms with Crippen molar-refractivity contribution in [2.45, 2.75) is 37.6 Å². The van der Waals surface area contributed by atoms with E-state index < -0.39 is 0 Å². The summed E-state index contributed by atoms with van der Waals surface area (Å²) in [6.07, 6.45) is 4.90. The van der Waals surface area contributed by atoms with Crippen LogP contribution in [0.25, 0.3) is 0 Å². The van der Waals surface area contributed by atoms with Crippen LogP contribution in [0, 0.1) is 5.92 Å². The van der Waals surface area contributed by atoms with Gasteiger partial charge in [-0.3, -0.25) is 0 Å². The number of rotatable bonds is 4. The maximum absolute atomic E-state index is 6.48. The summed E-state index contributed by atoms with van der Waals surface area (Å²) in [5.74, 6) is 2.21. The molecule has 0 aliphatic heterocycles. The monoisotopic (exact) mass is 295 g/mol. The van der Waals surface area contributed by atoms with Gasteiger partial charge in [0.15, 0.2) is 0 Å². The average Bonchev–Trinajstić information content (AvgIpc) is 2.62. The molecule has 2 aromatic rings. The fourth-order valence-corrected chi connectivity index (χ4v) is 3.64. The fraction of sp³-hybridized carbons (Fsp3) is 0.400. The van der Waals surface area contributed by atoms with Crippen LogP contribution in [0.1, 0.15) is 48.8 Å². The van der Waals surface area contributed by atoms with Gasteiger partial charge in [0, 0.05) is 6.04 Å². The van der Waals surface area contributed by atoms with Gasteiger partial charge in [-0.15, -0.1) is 0 Å². The Balaban J connectivity index is 1.60. The average molecular weight is 295 g/mol. The maximum atomic E-state index is 6.48. The topological polar surface area (TPSA) is 35.2 Å². The molecular formula is C20H25NO. The van der Waals surface area contributed by atoms with Gasteiger partial charge < -0.3 is 10.5 Å². The van der Waals surface area contributed by atoms with Crippen molar-refractivity contribution >= 4 is 0 Å². The number of benzene rings is 2. The Bertz CT molecular complexity index is 570. The van der Waals surface area contributed by atoms with Crippen LogP contribution in [-0.2, 0) is 0 Å². The zero-order chi connectivity index (χ0) is 15.4. The van der Waals surface area contributed by atoms with Crippen molar-refractivity contribution in [1.29, 1.82) is 0 Å². The lowest BCUT2D eigenvalue weighted by molar-refractivity contribution is 0.284. The predicted octanol–water partition coefficient (Wildman–Crippen LogP) is 4.67. The Morgan fingerprint density at radius 1 is 0.909 bits per heavy atom. The lowest BCUT2D eigenvalue weighted by Crippen LogP contribution is -2.25. The lowest BCUT2D eigenvalue weighted by Gasteiger charge is -2.32. The molecule has 2 aromatic carbocycles. The number of hydrogen-bond donors (Lipinski definition) is 1. The molecule has 22 heavy (non-hydrogen) atoms. The zero-order valence-electron chi connectivity index (χ0n) is 13.2. The normalized spacial score (nSPS) is 23.0. The van der Waals surface area contributed by atoms with Crippen molar-refractivity contribution in [3.63, 3.8) is 0 Å². The highest BCUT2D eigenvalue weighted by Crippen LogP contribution is 2.40. The molecule has 0 spiro atoms. The minimum Gasteiger partial charge on any atom is -0.497 e. The largest absolute Gasteiger partial charge is 0.497 e. The van der Waals surface area contributed by atoms with Crippen LogP contribution in [0.5, 0.6) is 5.75 Å². The van der Waals surface area contributed by atoms with Crippen LogP contribution in [0.3, 0.4) is 0 Å². The van der Waals surface area contributed by atoms with Crippen molar-refractivity contribution in [3.8, 4) is 5.75 Å². The molecule has 1 fully saturated rings. The van der Waals surface area contributed by atoms with Crippen molar-refractivity contribution in [2.24, 2.45) is 11.7 Å². The number of nitrogens with two attached hydrogens (primary N) is 1. The minimum atomic E-state index is 0.179. The summed E-state index contributed by atoms with van der Waals surface area (Å²) in [6.45, 7) is 0. The van der Waals surface area contributed by atoms with Crippen LogP contribution in [-0.4, -0.2) is 7.11 Å². The quantitative estimate of drug-likeness (QED) is 0.889. The fourth-order valence-electron chi connectivity index (χ4n) is 3.64. The van der Waals surface area contributed by atoms with E-state index >= 15 is 0 Å². The summed E-state index contributed by atoms with van der Waals surface area (Å²) in [5, 5.41) is 0. The van der Waals surface area contributed by atoms with Crippen molar-refractivity contribution in [3.05, 3.63) is 65.7 Å². The zero-order valence-corrected chi connectivity index (χ0v) is 13.2. The summed E-state index contributed by atoms with van der Waals surface area (Å²) < 4.78 is 5.24. The van der Waals surface area contributed by atoms with E-state index in [1.54, 1.807) is 7.11 Å². The second kappa shape index (κ2) is 6.97. The molecule has 0 saturated heterocycles. The molecule has 1 aliphatic rings. The summed E-state index contributed by atoms with van der Waals surface area (Å²) in [6, 6.07) is 19.3. The van der Waals surface area contributed by atoms with E-state index in [4.69, 9.17) is 10.5 Å². The van der Waals surface area contributed by atoms with Crippen molar-refractivity contribution < 1.29 is 4.74 Å². The molecule has 1 aliphatic carbocycles. The smallest absolute Gasteiger partial charge is 0.118 e. The van der Waals surface area contributed by atoms with E-state index in [1.807, 2.05) is 0 Å². The number of ether oxygens (including phenoxy) is 1. The minimum absolute atomic E-state index is 0.179. The van der Waals surface area contributed by atoms with Crippen LogP contribution >= 0.6 is 0 Å². The van der Waals surface area contributed by atoms with Gasteiger partial charge in [0.25, 0.3) is 0 Å². The molecule has 0 aromatic heterocycles. The van der Waals surface area contributed by atoms with Crippen LogP contribution in [0.2, 0.25) is 0 Å². The van der Waals surface area contributed by atoms with Crippen LogP contribution in [0.4, 0.5) is 0 Å². The third-order valence-electron chi connectivity index (χ3n) is 5.05. The Kier molecular flexibility index (Phi) is 4.79. The summed E-state index contributed by atoms with van der Waals surface area (Å²) in [5.41, 5.74) is 9.19. The molecule has 1 atom stereocenters. The van der Waals surface area contributed by atoms with Gasteiger partial charge in [0.2, 0.25) is 0 Å². The van der Waals surface area contributed by atoms with E-state index in [9.17, 15) is 0 Å². The van der Waals surface area contributed by atoms with E-state index in [-0.39, 0.29) is 6.04 Å². The SMILES string of the molecule is COc1ccc(C2CCC(C(N)c3ccccc3)CC2)cc1. The van der Waals surface area contributed by atoms with E-state index in [0.717, 1.165) is 5.75 Å². The number of hydrogen-bond acceptors (Lipinski definition) is 2. The van der Waals surface area contributed by atoms with Gasteiger partial charge in [-0.2, -0.15) is 0 Å². The molecule has 0 bridgehead atoms. The molecule has 116 valence electrons. The highest BCUT2D eigenvalue weighted by molar-refractivity contribution is 5.29. The van der Waals surface area contributed by atoms with Gasteiger partial charge in [-0.25, -0.2) is 0 Å². The summed E-state index contributed by atoms with van der Waals surface area (Å²) >= 11 is 0. The molecule has 1 unspecified atom stereocenters. The first kappa shape index (κ1) is 15.1. The Hall–Kier alpha value is -1.80. The predicted molar refractivity (Wildman–Crippen MR) is 91.1 cm³/mol. The molecule has 0 radical (unpaired) electrons. The standard InChI is InChI=1S/C20H25NO/c1-22-19-13-11-16(12-14-19)15-7-9-18(10-8-15)20(21)17-5-3-2-4-6-17/h2-6,11-15,18,20H,7-10,21H2,1H3. The van der Waals surface area contributed by atoms with E-state index in [1.165, 1.54) is 36.8 Å². The second-order valence-corrected chi connectivity index (χ2v) is 6.32. The Labute approximate surface area is 133 Å². The van der Waals surface area contributed by atoms with Gasteiger partial charge in [-0.05, 0) is 60.8 Å². The van der Waals surface area contributed by atoms with Gasteiger partial charge >= 0.3 is 0 Å². The Morgan fingerprint density at radius 2 is 1.55 bits per heavy atom. The van der Waals surface area contributed by atoms with Crippen LogP contribution < -0.4 is 10.5 Å². The summed E-state index contributed by atoms with van der Waals surface area (Å²) in [4.78, 5) is 0. The molecule has 0 amide bonds. The molecule has 1 saturated carbocycles. The van der Waals surface area contributed by atoms with E-state index in [2.05, 4.69) is 54.6 Å². The van der Waals surface area contributed by atoms with Gasteiger partial charge in [0.1, 0.15) is 5.75 Å². The van der Waals surface area contributed by atoms with Crippen LogP contribution in [0.15, 0.2) is 54.6 Å². The second-order valence-electron chi connectivity index (χ2n) is 6.32. The third kappa shape index (κ3) is 3.33. The molecule has 2 heteroatoms. The first-order chi connectivity index (χ1) is 10.8. The number of methoxy groups -OCH3 is 1. The highest BCUT2D eigenvalue weighted by atomic mass is 16.5. The van der Waals surface area contributed by atoms with Gasteiger partial charge in [0.05, 0.1) is 7.11 Å². The summed E-state index contributed by atoms with van der Waals surface area (Å²) in [7, 11) is 1.71.